The predicted octanol–water partition coefficient (Wildman–Crippen LogP) is 0.306. The van der Waals surface area contributed by atoms with Gasteiger partial charge < -0.3 is 16.2 Å². The van der Waals surface area contributed by atoms with Gasteiger partial charge in [-0.15, -0.1) is 0 Å². The molecule has 0 atom stereocenters. The van der Waals surface area contributed by atoms with Crippen molar-refractivity contribution < 1.29 is 4.74 Å². The molecule has 4 heteroatoms. The summed E-state index contributed by atoms with van der Waals surface area (Å²) in [6.45, 7) is 0. The number of nitrogens with zero attached hydrogens (tertiary/aromatic N) is 1. The van der Waals surface area contributed by atoms with Gasteiger partial charge in [-0.05, 0) is 6.07 Å². The summed E-state index contributed by atoms with van der Waals surface area (Å²) >= 11 is 0. The zero-order chi connectivity index (χ0) is 8.97. The highest BCUT2D eigenvalue weighted by molar-refractivity contribution is 5.62. The van der Waals surface area contributed by atoms with Gasteiger partial charge in [-0.1, -0.05) is 0 Å². The first kappa shape index (κ1) is 8.39. The van der Waals surface area contributed by atoms with E-state index >= 15 is 0 Å². The van der Waals surface area contributed by atoms with E-state index in [1.54, 1.807) is 25.6 Å². The molecule has 1 rings (SSSR count). The molecule has 0 saturated heterocycles. The van der Waals surface area contributed by atoms with Gasteiger partial charge in [0.2, 0.25) is 0 Å². The lowest BCUT2D eigenvalue weighted by Gasteiger charge is -2.02. The van der Waals surface area contributed by atoms with Crippen molar-refractivity contribution in [2.24, 2.45) is 11.5 Å². The number of ether oxygens (including phenoxy) is 1. The Morgan fingerprint density at radius 2 is 2.33 bits per heavy atom. The van der Waals surface area contributed by atoms with Crippen molar-refractivity contribution in [1.29, 1.82) is 0 Å². The Hall–Kier alpha value is -1.71. The minimum atomic E-state index is 0.487. The van der Waals surface area contributed by atoms with Crippen LogP contribution in [0.3, 0.4) is 0 Å². The van der Waals surface area contributed by atoms with Crippen LogP contribution in [0.25, 0.3) is 5.70 Å². The van der Waals surface area contributed by atoms with Crippen LogP contribution in [-0.4, -0.2) is 12.1 Å². The summed E-state index contributed by atoms with van der Waals surface area (Å²) in [4.78, 5) is 3.92. The summed E-state index contributed by atoms with van der Waals surface area (Å²) in [5, 5.41) is 0. The Kier molecular flexibility index (Phi) is 2.53. The first-order valence-electron chi connectivity index (χ1n) is 3.44. The lowest BCUT2D eigenvalue weighted by atomic mass is 10.2. The molecule has 1 aromatic heterocycles. The molecule has 0 fully saturated rings. The maximum Gasteiger partial charge on any atom is 0.137 e. The quantitative estimate of drug-likeness (QED) is 0.661. The predicted molar refractivity (Wildman–Crippen MR) is 47.1 cm³/mol. The molecule has 0 aliphatic rings. The number of hydrogen-bond donors (Lipinski definition) is 2. The number of rotatable bonds is 2. The van der Waals surface area contributed by atoms with Crippen LogP contribution in [0, 0.1) is 0 Å². The fourth-order valence-electron chi connectivity index (χ4n) is 0.785. The molecule has 64 valence electrons. The molecular formula is C8H11N3O. The van der Waals surface area contributed by atoms with E-state index in [-0.39, 0.29) is 0 Å². The van der Waals surface area contributed by atoms with Gasteiger partial charge >= 0.3 is 0 Å². The number of hydrogen-bond acceptors (Lipinski definition) is 4. The molecule has 0 saturated carbocycles. The maximum atomic E-state index is 5.56. The molecule has 12 heavy (non-hydrogen) atoms. The van der Waals surface area contributed by atoms with E-state index in [0.717, 1.165) is 5.56 Å². The Bertz CT molecular complexity index is 296. The van der Waals surface area contributed by atoms with Gasteiger partial charge in [0, 0.05) is 18.0 Å². The van der Waals surface area contributed by atoms with Crippen molar-refractivity contribution in [2.75, 3.05) is 7.11 Å². The largest absolute Gasteiger partial charge is 0.495 e. The van der Waals surface area contributed by atoms with Crippen molar-refractivity contribution in [3.63, 3.8) is 0 Å². The minimum absolute atomic E-state index is 0.487. The first-order chi connectivity index (χ1) is 5.77. The fraction of sp³-hybridized carbons (Fsp3) is 0.125. The molecule has 4 N–H and O–H groups in total. The van der Waals surface area contributed by atoms with E-state index in [1.807, 2.05) is 0 Å². The van der Waals surface area contributed by atoms with E-state index in [0.29, 0.717) is 11.4 Å². The molecule has 0 unspecified atom stereocenters. The number of pyridine rings is 1. The third-order valence-corrected chi connectivity index (χ3v) is 1.46. The molecule has 0 aliphatic carbocycles. The monoisotopic (exact) mass is 165 g/mol. The van der Waals surface area contributed by atoms with Crippen molar-refractivity contribution >= 4 is 5.70 Å². The molecule has 0 aliphatic heterocycles. The fourth-order valence-corrected chi connectivity index (χ4v) is 0.785. The standard InChI is InChI=1S/C8H11N3O/c1-12-7-2-6(4-11-5-7)8(10)3-9/h2-5H,9-10H2,1H3/b8-3-. The smallest absolute Gasteiger partial charge is 0.137 e. The summed E-state index contributed by atoms with van der Waals surface area (Å²) in [6.07, 6.45) is 4.56. The van der Waals surface area contributed by atoms with Crippen molar-refractivity contribution in [3.05, 3.63) is 30.2 Å². The topological polar surface area (TPSA) is 74.2 Å². The van der Waals surface area contributed by atoms with E-state index in [2.05, 4.69) is 4.98 Å². The molecule has 0 bridgehead atoms. The molecule has 0 aromatic carbocycles. The van der Waals surface area contributed by atoms with Crippen LogP contribution in [-0.2, 0) is 0 Å². The third kappa shape index (κ3) is 1.66. The van der Waals surface area contributed by atoms with Crippen LogP contribution in [0.5, 0.6) is 5.75 Å². The maximum absolute atomic E-state index is 5.56. The van der Waals surface area contributed by atoms with Gasteiger partial charge in [0.25, 0.3) is 0 Å². The summed E-state index contributed by atoms with van der Waals surface area (Å²) in [5.74, 6) is 0.664. The van der Waals surface area contributed by atoms with Crippen molar-refractivity contribution in [1.82, 2.24) is 4.98 Å². The summed E-state index contributed by atoms with van der Waals surface area (Å²) < 4.78 is 4.96. The lowest BCUT2D eigenvalue weighted by molar-refractivity contribution is 0.412. The highest BCUT2D eigenvalue weighted by atomic mass is 16.5. The van der Waals surface area contributed by atoms with E-state index in [4.69, 9.17) is 16.2 Å². The normalized spacial score (nSPS) is 11.2. The Labute approximate surface area is 70.8 Å². The van der Waals surface area contributed by atoms with Crippen LogP contribution in [0.1, 0.15) is 5.56 Å². The zero-order valence-electron chi connectivity index (χ0n) is 6.82. The Balaban J connectivity index is 3.02. The Morgan fingerprint density at radius 3 is 2.92 bits per heavy atom. The van der Waals surface area contributed by atoms with Crippen LogP contribution in [0.4, 0.5) is 0 Å². The molecule has 1 heterocycles. The molecule has 0 spiro atoms. The van der Waals surface area contributed by atoms with Crippen LogP contribution < -0.4 is 16.2 Å². The second-order valence-electron chi connectivity index (χ2n) is 2.24. The van der Waals surface area contributed by atoms with Crippen molar-refractivity contribution in [3.8, 4) is 5.75 Å². The SMILES string of the molecule is COc1cncc(/C(N)=C/N)c1. The van der Waals surface area contributed by atoms with Gasteiger partial charge in [-0.2, -0.15) is 0 Å². The second-order valence-corrected chi connectivity index (χ2v) is 2.24. The zero-order valence-corrected chi connectivity index (χ0v) is 6.82. The summed E-state index contributed by atoms with van der Waals surface area (Å²) in [7, 11) is 1.57. The van der Waals surface area contributed by atoms with Crippen LogP contribution in [0.2, 0.25) is 0 Å². The van der Waals surface area contributed by atoms with Crippen molar-refractivity contribution in [2.45, 2.75) is 0 Å². The van der Waals surface area contributed by atoms with Gasteiger partial charge in [-0.3, -0.25) is 4.98 Å². The van der Waals surface area contributed by atoms with Crippen LogP contribution >= 0.6 is 0 Å². The highest BCUT2D eigenvalue weighted by Gasteiger charge is 1.97. The van der Waals surface area contributed by atoms with Gasteiger partial charge in [-0.25, -0.2) is 0 Å². The minimum Gasteiger partial charge on any atom is -0.495 e. The number of methoxy groups -OCH3 is 1. The molecule has 1 aromatic rings. The number of nitrogens with two attached hydrogens (primary N) is 2. The summed E-state index contributed by atoms with van der Waals surface area (Å²) in [5.41, 5.74) is 12.0. The molecule has 0 amide bonds. The van der Waals surface area contributed by atoms with Gasteiger partial charge in [0.1, 0.15) is 5.75 Å². The number of aromatic nitrogens is 1. The van der Waals surface area contributed by atoms with Crippen LogP contribution in [0.15, 0.2) is 24.7 Å². The van der Waals surface area contributed by atoms with E-state index in [9.17, 15) is 0 Å². The first-order valence-corrected chi connectivity index (χ1v) is 3.44. The third-order valence-electron chi connectivity index (χ3n) is 1.46. The lowest BCUT2D eigenvalue weighted by Crippen LogP contribution is -2.00. The van der Waals surface area contributed by atoms with Gasteiger partial charge in [0.05, 0.1) is 19.0 Å². The molecular weight excluding hydrogens is 154 g/mol. The average molecular weight is 165 g/mol. The highest BCUT2D eigenvalue weighted by Crippen LogP contribution is 2.13. The van der Waals surface area contributed by atoms with Gasteiger partial charge in [0.15, 0.2) is 0 Å². The molecule has 0 radical (unpaired) electrons. The average Bonchev–Trinajstić information content (AvgIpc) is 2.17. The summed E-state index contributed by atoms with van der Waals surface area (Å²) in [6, 6.07) is 1.77. The van der Waals surface area contributed by atoms with E-state index in [1.165, 1.54) is 6.20 Å². The molecule has 4 nitrogen and oxygen atoms in total. The Morgan fingerprint density at radius 1 is 1.58 bits per heavy atom. The van der Waals surface area contributed by atoms with E-state index < -0.39 is 0 Å². The second kappa shape index (κ2) is 3.61.